The molecule has 27 heavy (non-hydrogen) atoms. The van der Waals surface area contributed by atoms with Crippen molar-refractivity contribution in [1.29, 1.82) is 0 Å². The number of thioether (sulfide) groups is 1. The summed E-state index contributed by atoms with van der Waals surface area (Å²) in [5.74, 6) is 0.750. The Morgan fingerprint density at radius 3 is 2.70 bits per heavy atom. The van der Waals surface area contributed by atoms with Crippen molar-refractivity contribution in [3.05, 3.63) is 53.3 Å². The first-order valence-corrected chi connectivity index (χ1v) is 9.72. The summed E-state index contributed by atoms with van der Waals surface area (Å²) in [4.78, 5) is 12.7. The Kier molecular flexibility index (Phi) is 6.13. The third-order valence-electron chi connectivity index (χ3n) is 4.39. The summed E-state index contributed by atoms with van der Waals surface area (Å²) in [6.45, 7) is 6.66. The van der Waals surface area contributed by atoms with Crippen LogP contribution in [0.4, 0.5) is 0 Å². The van der Waals surface area contributed by atoms with E-state index in [-0.39, 0.29) is 17.6 Å². The molecule has 7 heteroatoms. The highest BCUT2D eigenvalue weighted by molar-refractivity contribution is 7.99. The lowest BCUT2D eigenvalue weighted by atomic mass is 10.2. The van der Waals surface area contributed by atoms with Crippen molar-refractivity contribution in [3.63, 3.8) is 0 Å². The number of hydrogen-bond donors (Lipinski definition) is 0. The molecule has 6 nitrogen and oxygen atoms in total. The number of nitrogens with zero attached hydrogens (tertiary/aromatic N) is 3. The summed E-state index contributed by atoms with van der Waals surface area (Å²) in [7, 11) is 1.68. The molecule has 0 aliphatic heterocycles. The second kappa shape index (κ2) is 8.54. The van der Waals surface area contributed by atoms with Gasteiger partial charge in [-0.1, -0.05) is 30.0 Å². The molecule has 0 fully saturated rings. The minimum absolute atomic E-state index is 0.0448. The molecule has 3 aromatic rings. The van der Waals surface area contributed by atoms with Crippen molar-refractivity contribution >= 4 is 17.5 Å². The van der Waals surface area contributed by atoms with Gasteiger partial charge in [-0.05, 0) is 39.0 Å². The number of rotatable bonds is 8. The number of Topliss-reactive ketones (excluding diaryl/α,β-unsaturated/α-hetero) is 1. The normalized spacial score (nSPS) is 12.3. The zero-order chi connectivity index (χ0) is 19.4. The molecule has 2 aromatic heterocycles. The van der Waals surface area contributed by atoms with Crippen LogP contribution in [0, 0.1) is 13.8 Å². The first-order valence-electron chi connectivity index (χ1n) is 8.73. The van der Waals surface area contributed by atoms with Crippen molar-refractivity contribution < 1.29 is 13.9 Å². The van der Waals surface area contributed by atoms with E-state index < -0.39 is 0 Å². The van der Waals surface area contributed by atoms with E-state index in [2.05, 4.69) is 21.7 Å². The topological polar surface area (TPSA) is 70.2 Å². The SMILES string of the molecule is COC[C@@H](C)n1c(C)cc(C(=O)CSc2nnc(-c3ccccc3)o2)c1C. The molecule has 0 aliphatic carbocycles. The van der Waals surface area contributed by atoms with Gasteiger partial charge < -0.3 is 13.7 Å². The van der Waals surface area contributed by atoms with Gasteiger partial charge in [-0.2, -0.15) is 0 Å². The molecule has 142 valence electrons. The van der Waals surface area contributed by atoms with E-state index in [1.807, 2.05) is 50.2 Å². The molecule has 2 heterocycles. The second-order valence-electron chi connectivity index (χ2n) is 6.41. The van der Waals surface area contributed by atoms with Crippen LogP contribution in [-0.4, -0.2) is 40.0 Å². The van der Waals surface area contributed by atoms with Gasteiger partial charge in [0, 0.05) is 29.6 Å². The number of benzene rings is 1. The molecule has 0 saturated carbocycles. The fourth-order valence-electron chi connectivity index (χ4n) is 3.22. The summed E-state index contributed by atoms with van der Waals surface area (Å²) in [5.41, 5.74) is 3.59. The predicted octanol–water partition coefficient (Wildman–Crippen LogP) is 4.34. The summed E-state index contributed by atoms with van der Waals surface area (Å²) in [5, 5.41) is 8.47. The standard InChI is InChI=1S/C20H23N3O3S/c1-13-10-17(15(3)23(13)14(2)11-25-4)18(24)12-27-20-22-21-19(26-20)16-8-6-5-7-9-16/h5-10,14H,11-12H2,1-4H3/t14-/m1/s1. The Labute approximate surface area is 162 Å². The summed E-state index contributed by atoms with van der Waals surface area (Å²) < 4.78 is 13.0. The highest BCUT2D eigenvalue weighted by atomic mass is 32.2. The zero-order valence-corrected chi connectivity index (χ0v) is 16.7. The average Bonchev–Trinajstić information content (AvgIpc) is 3.25. The van der Waals surface area contributed by atoms with Crippen molar-refractivity contribution in [2.75, 3.05) is 19.5 Å². The van der Waals surface area contributed by atoms with Crippen LogP contribution in [0.25, 0.3) is 11.5 Å². The Morgan fingerprint density at radius 1 is 1.26 bits per heavy atom. The van der Waals surface area contributed by atoms with Crippen LogP contribution in [0.15, 0.2) is 46.0 Å². The van der Waals surface area contributed by atoms with E-state index in [9.17, 15) is 4.79 Å². The average molecular weight is 385 g/mol. The molecular formula is C20H23N3O3S. The first kappa shape index (κ1) is 19.4. The van der Waals surface area contributed by atoms with Crippen molar-refractivity contribution in [2.24, 2.45) is 0 Å². The summed E-state index contributed by atoms with van der Waals surface area (Å²) in [6, 6.07) is 11.7. The van der Waals surface area contributed by atoms with Crippen LogP contribution in [0.3, 0.4) is 0 Å². The van der Waals surface area contributed by atoms with Crippen LogP contribution < -0.4 is 0 Å². The van der Waals surface area contributed by atoms with E-state index in [1.54, 1.807) is 7.11 Å². The van der Waals surface area contributed by atoms with E-state index in [1.165, 1.54) is 11.8 Å². The first-order chi connectivity index (χ1) is 13.0. The second-order valence-corrected chi connectivity index (χ2v) is 7.34. The van der Waals surface area contributed by atoms with Crippen molar-refractivity contribution in [1.82, 2.24) is 14.8 Å². The monoisotopic (exact) mass is 385 g/mol. The molecule has 0 bridgehead atoms. The number of ketones is 1. The van der Waals surface area contributed by atoms with Gasteiger partial charge in [0.15, 0.2) is 5.78 Å². The Balaban J connectivity index is 1.68. The molecule has 0 amide bonds. The number of aromatic nitrogens is 3. The number of aryl methyl sites for hydroxylation is 1. The van der Waals surface area contributed by atoms with Crippen molar-refractivity contribution in [2.45, 2.75) is 32.0 Å². The summed E-state index contributed by atoms with van der Waals surface area (Å²) in [6.07, 6.45) is 0. The Bertz CT molecular complexity index is 918. The quantitative estimate of drug-likeness (QED) is 0.424. The molecule has 0 saturated heterocycles. The van der Waals surface area contributed by atoms with Gasteiger partial charge in [-0.3, -0.25) is 4.79 Å². The van der Waals surface area contributed by atoms with Gasteiger partial charge in [0.2, 0.25) is 5.89 Å². The van der Waals surface area contributed by atoms with Crippen LogP contribution in [0.2, 0.25) is 0 Å². The van der Waals surface area contributed by atoms with E-state index in [4.69, 9.17) is 9.15 Å². The Hall–Kier alpha value is -2.38. The largest absolute Gasteiger partial charge is 0.411 e. The van der Waals surface area contributed by atoms with E-state index in [0.717, 1.165) is 22.5 Å². The van der Waals surface area contributed by atoms with E-state index in [0.29, 0.717) is 17.7 Å². The molecule has 1 atom stereocenters. The van der Waals surface area contributed by atoms with Crippen LogP contribution in [0.5, 0.6) is 0 Å². The van der Waals surface area contributed by atoms with Crippen LogP contribution in [0.1, 0.15) is 34.7 Å². The third-order valence-corrected chi connectivity index (χ3v) is 5.21. The van der Waals surface area contributed by atoms with Gasteiger partial charge in [-0.15, -0.1) is 10.2 Å². The van der Waals surface area contributed by atoms with Crippen molar-refractivity contribution in [3.8, 4) is 11.5 Å². The molecule has 0 unspecified atom stereocenters. The lowest BCUT2D eigenvalue weighted by Gasteiger charge is -2.17. The fraction of sp³-hybridized carbons (Fsp3) is 0.350. The van der Waals surface area contributed by atoms with Crippen LogP contribution in [-0.2, 0) is 4.74 Å². The van der Waals surface area contributed by atoms with Gasteiger partial charge >= 0.3 is 0 Å². The molecule has 0 spiro atoms. The van der Waals surface area contributed by atoms with Gasteiger partial charge in [0.05, 0.1) is 18.4 Å². The number of hydrogen-bond acceptors (Lipinski definition) is 6. The Morgan fingerprint density at radius 2 is 2.00 bits per heavy atom. The maximum absolute atomic E-state index is 12.7. The smallest absolute Gasteiger partial charge is 0.277 e. The maximum Gasteiger partial charge on any atom is 0.277 e. The highest BCUT2D eigenvalue weighted by Gasteiger charge is 2.20. The molecule has 0 radical (unpaired) electrons. The van der Waals surface area contributed by atoms with Gasteiger partial charge in [-0.25, -0.2) is 0 Å². The summed E-state index contributed by atoms with van der Waals surface area (Å²) >= 11 is 1.26. The fourth-order valence-corrected chi connectivity index (χ4v) is 3.87. The molecular weight excluding hydrogens is 362 g/mol. The number of methoxy groups -OCH3 is 1. The van der Waals surface area contributed by atoms with Crippen LogP contribution >= 0.6 is 11.8 Å². The number of ether oxygens (including phenoxy) is 1. The lowest BCUT2D eigenvalue weighted by molar-refractivity contribution is 0.102. The van der Waals surface area contributed by atoms with E-state index >= 15 is 0 Å². The lowest BCUT2D eigenvalue weighted by Crippen LogP contribution is -2.14. The number of carbonyl (C=O) groups is 1. The zero-order valence-electron chi connectivity index (χ0n) is 15.9. The predicted molar refractivity (Wildman–Crippen MR) is 105 cm³/mol. The minimum atomic E-state index is 0.0448. The van der Waals surface area contributed by atoms with Gasteiger partial charge in [0.25, 0.3) is 5.22 Å². The molecule has 1 aromatic carbocycles. The highest BCUT2D eigenvalue weighted by Crippen LogP contribution is 2.26. The minimum Gasteiger partial charge on any atom is -0.411 e. The molecule has 0 N–H and O–H groups in total. The molecule has 0 aliphatic rings. The maximum atomic E-state index is 12.7. The van der Waals surface area contributed by atoms with Gasteiger partial charge in [0.1, 0.15) is 0 Å². The third kappa shape index (κ3) is 4.31. The molecule has 3 rings (SSSR count). The number of carbonyl (C=O) groups excluding carboxylic acids is 1.